The van der Waals surface area contributed by atoms with Crippen molar-refractivity contribution in [3.05, 3.63) is 53.7 Å². The molecule has 1 saturated heterocycles. The minimum absolute atomic E-state index is 0.0399. The molecule has 0 saturated carbocycles. The van der Waals surface area contributed by atoms with Gasteiger partial charge in [0.2, 0.25) is 0 Å². The summed E-state index contributed by atoms with van der Waals surface area (Å²) < 4.78 is 7.63. The lowest BCUT2D eigenvalue weighted by Crippen LogP contribution is -2.45. The van der Waals surface area contributed by atoms with Crippen molar-refractivity contribution in [2.24, 2.45) is 12.8 Å². The van der Waals surface area contributed by atoms with Crippen molar-refractivity contribution in [2.75, 3.05) is 29.9 Å². The number of amides is 1. The van der Waals surface area contributed by atoms with Crippen molar-refractivity contribution in [3.8, 4) is 0 Å². The first-order valence-corrected chi connectivity index (χ1v) is 10.9. The Labute approximate surface area is 195 Å². The van der Waals surface area contributed by atoms with Crippen LogP contribution in [0.15, 0.2) is 41.2 Å². The molecule has 176 valence electrons. The number of benzene rings is 1. The third kappa shape index (κ3) is 3.94. The Kier molecular flexibility index (Phi) is 5.20. The van der Waals surface area contributed by atoms with E-state index >= 15 is 0 Å². The largest absolute Gasteiger partial charge is 0.423 e. The summed E-state index contributed by atoms with van der Waals surface area (Å²) in [6.07, 6.45) is 5.04. The number of carbonyl (C=O) groups is 1. The third-order valence-electron chi connectivity index (χ3n) is 6.12. The number of nitrogens with two attached hydrogens (primary N) is 1. The van der Waals surface area contributed by atoms with E-state index in [0.717, 1.165) is 11.1 Å². The number of anilines is 3. The van der Waals surface area contributed by atoms with Crippen molar-refractivity contribution in [1.29, 1.82) is 0 Å². The van der Waals surface area contributed by atoms with Crippen LogP contribution in [0.2, 0.25) is 0 Å². The Morgan fingerprint density at radius 1 is 1.29 bits per heavy atom. The number of aryl methyl sites for hydroxylation is 1. The summed E-state index contributed by atoms with van der Waals surface area (Å²) in [5.41, 5.74) is 9.08. The lowest BCUT2D eigenvalue weighted by molar-refractivity contribution is 0.0995. The lowest BCUT2D eigenvalue weighted by atomic mass is 9.85. The number of nitrogens with zero attached hydrogens (tertiary/aromatic N) is 6. The van der Waals surface area contributed by atoms with Crippen LogP contribution in [-0.2, 0) is 12.5 Å². The van der Waals surface area contributed by atoms with E-state index in [1.807, 2.05) is 36.9 Å². The van der Waals surface area contributed by atoms with Gasteiger partial charge in [-0.05, 0) is 17.7 Å². The maximum atomic E-state index is 12.0. The molecule has 3 aromatic heterocycles. The molecular formula is C23H26N8O3. The molecule has 0 radical (unpaired) electrons. The molecule has 1 aliphatic heterocycles. The molecule has 4 heterocycles. The molecule has 5 rings (SSSR count). The van der Waals surface area contributed by atoms with Gasteiger partial charge in [-0.2, -0.15) is 10.1 Å². The number of oxazole rings is 1. The predicted octanol–water partition coefficient (Wildman–Crippen LogP) is 2.07. The Morgan fingerprint density at radius 3 is 2.76 bits per heavy atom. The van der Waals surface area contributed by atoms with Gasteiger partial charge in [0, 0.05) is 37.7 Å². The SMILES string of the molecule is Cn1cc(Nc2ncc(C3CN(c4nc5ccc(C(C)(C)CO)cc5o4)C3)nc2C(N)=O)cn1. The lowest BCUT2D eigenvalue weighted by Gasteiger charge is -2.37. The number of nitrogens with one attached hydrogen (secondary N) is 1. The first-order valence-electron chi connectivity index (χ1n) is 10.9. The molecule has 0 spiro atoms. The van der Waals surface area contributed by atoms with E-state index < -0.39 is 5.91 Å². The van der Waals surface area contributed by atoms with E-state index in [9.17, 15) is 9.90 Å². The van der Waals surface area contributed by atoms with Crippen LogP contribution in [-0.4, -0.2) is 55.4 Å². The smallest absolute Gasteiger partial charge is 0.298 e. The highest BCUT2D eigenvalue weighted by Crippen LogP contribution is 2.34. The molecule has 4 N–H and O–H groups in total. The highest BCUT2D eigenvalue weighted by Gasteiger charge is 2.33. The molecule has 0 atom stereocenters. The Balaban J connectivity index is 1.32. The van der Waals surface area contributed by atoms with E-state index in [0.29, 0.717) is 41.9 Å². The number of aliphatic hydroxyl groups is 1. The summed E-state index contributed by atoms with van der Waals surface area (Å²) in [5, 5.41) is 16.8. The van der Waals surface area contributed by atoms with E-state index in [1.54, 1.807) is 30.3 Å². The molecule has 0 unspecified atom stereocenters. The van der Waals surface area contributed by atoms with Crippen molar-refractivity contribution >= 4 is 34.5 Å². The summed E-state index contributed by atoms with van der Waals surface area (Å²) in [6, 6.07) is 6.33. The van der Waals surface area contributed by atoms with Gasteiger partial charge in [-0.3, -0.25) is 9.48 Å². The van der Waals surface area contributed by atoms with Crippen molar-refractivity contribution in [1.82, 2.24) is 24.7 Å². The maximum absolute atomic E-state index is 12.0. The fraction of sp³-hybridized carbons (Fsp3) is 0.348. The van der Waals surface area contributed by atoms with E-state index in [1.165, 1.54) is 0 Å². The second kappa shape index (κ2) is 8.10. The zero-order valence-electron chi connectivity index (χ0n) is 19.2. The van der Waals surface area contributed by atoms with Gasteiger partial charge in [0.15, 0.2) is 17.1 Å². The number of aromatic nitrogens is 5. The van der Waals surface area contributed by atoms with Gasteiger partial charge in [-0.25, -0.2) is 9.97 Å². The van der Waals surface area contributed by atoms with Crippen LogP contribution in [0.25, 0.3) is 11.1 Å². The van der Waals surface area contributed by atoms with Gasteiger partial charge in [-0.1, -0.05) is 19.9 Å². The number of fused-ring (bicyclic) bond motifs is 1. The third-order valence-corrected chi connectivity index (χ3v) is 6.12. The molecule has 1 fully saturated rings. The van der Waals surface area contributed by atoms with E-state index in [2.05, 4.69) is 25.4 Å². The normalized spacial score (nSPS) is 14.4. The quantitative estimate of drug-likeness (QED) is 0.375. The highest BCUT2D eigenvalue weighted by molar-refractivity contribution is 5.96. The first-order chi connectivity index (χ1) is 16.2. The van der Waals surface area contributed by atoms with Gasteiger partial charge in [0.05, 0.1) is 30.4 Å². The maximum Gasteiger partial charge on any atom is 0.298 e. The fourth-order valence-corrected chi connectivity index (χ4v) is 3.87. The number of rotatable bonds is 7. The van der Waals surface area contributed by atoms with Crippen LogP contribution in [0.5, 0.6) is 0 Å². The molecule has 0 aliphatic carbocycles. The van der Waals surface area contributed by atoms with Crippen LogP contribution >= 0.6 is 0 Å². The molecule has 0 bridgehead atoms. The topological polar surface area (TPSA) is 148 Å². The van der Waals surface area contributed by atoms with Gasteiger partial charge in [0.25, 0.3) is 11.9 Å². The summed E-state index contributed by atoms with van der Waals surface area (Å²) >= 11 is 0. The van der Waals surface area contributed by atoms with Gasteiger partial charge >= 0.3 is 0 Å². The average molecular weight is 463 g/mol. The van der Waals surface area contributed by atoms with Crippen LogP contribution in [0.3, 0.4) is 0 Å². The van der Waals surface area contributed by atoms with Gasteiger partial charge in [0.1, 0.15) is 5.52 Å². The zero-order valence-corrected chi connectivity index (χ0v) is 19.2. The standard InChI is InChI=1S/C23H26N8O3/c1-23(2,12-32)14-4-5-16-18(6-14)34-22(29-16)31-9-13(10-31)17-8-25-21(19(28-17)20(24)33)27-15-7-26-30(3)11-15/h4-8,11,13,32H,9-10,12H2,1-3H3,(H2,24,33)(H,25,27). The molecule has 34 heavy (non-hydrogen) atoms. The Morgan fingerprint density at radius 2 is 2.09 bits per heavy atom. The summed E-state index contributed by atoms with van der Waals surface area (Å²) in [7, 11) is 1.79. The van der Waals surface area contributed by atoms with Crippen molar-refractivity contribution in [3.63, 3.8) is 0 Å². The summed E-state index contributed by atoms with van der Waals surface area (Å²) in [4.78, 5) is 27.5. The molecule has 11 heteroatoms. The molecule has 1 aliphatic rings. The fourth-order valence-electron chi connectivity index (χ4n) is 3.87. The first kappa shape index (κ1) is 21.8. The number of hydrogen-bond donors (Lipinski definition) is 3. The van der Waals surface area contributed by atoms with Crippen molar-refractivity contribution in [2.45, 2.75) is 25.2 Å². The number of carbonyl (C=O) groups excluding carboxylic acids is 1. The second-order valence-electron chi connectivity index (χ2n) is 9.21. The highest BCUT2D eigenvalue weighted by atomic mass is 16.4. The van der Waals surface area contributed by atoms with Crippen LogP contribution in [0.1, 0.15) is 41.5 Å². The van der Waals surface area contributed by atoms with Crippen molar-refractivity contribution < 1.29 is 14.3 Å². The average Bonchev–Trinajstić information content (AvgIpc) is 3.38. The molecule has 1 amide bonds. The number of aliphatic hydroxyl groups excluding tert-OH is 1. The van der Waals surface area contributed by atoms with Gasteiger partial charge < -0.3 is 25.5 Å². The Bertz CT molecular complexity index is 1370. The molecule has 11 nitrogen and oxygen atoms in total. The predicted molar refractivity (Wildman–Crippen MR) is 126 cm³/mol. The number of hydrogen-bond acceptors (Lipinski definition) is 9. The van der Waals surface area contributed by atoms with E-state index in [-0.39, 0.29) is 23.6 Å². The zero-order chi connectivity index (χ0) is 24.0. The summed E-state index contributed by atoms with van der Waals surface area (Å²) in [5.74, 6) is -0.296. The second-order valence-corrected chi connectivity index (χ2v) is 9.21. The van der Waals surface area contributed by atoms with Crippen LogP contribution in [0, 0.1) is 0 Å². The summed E-state index contributed by atoms with van der Waals surface area (Å²) in [6.45, 7) is 5.25. The molecule has 4 aromatic rings. The monoisotopic (exact) mass is 462 g/mol. The van der Waals surface area contributed by atoms with Crippen LogP contribution < -0.4 is 16.0 Å². The molecular weight excluding hydrogens is 436 g/mol. The minimum atomic E-state index is -0.655. The molecule has 1 aromatic carbocycles. The van der Waals surface area contributed by atoms with Gasteiger partial charge in [-0.15, -0.1) is 0 Å². The Hall–Kier alpha value is -3.99. The number of primary amides is 1. The minimum Gasteiger partial charge on any atom is -0.423 e. The van der Waals surface area contributed by atoms with E-state index in [4.69, 9.17) is 10.2 Å². The van der Waals surface area contributed by atoms with Crippen LogP contribution in [0.4, 0.5) is 17.5 Å².